The van der Waals surface area contributed by atoms with Gasteiger partial charge in [0.2, 0.25) is 0 Å². The molecular weight excluding hydrogens is 300 g/mol. The molecule has 2 amide bonds. The fourth-order valence-corrected chi connectivity index (χ4v) is 2.56. The van der Waals surface area contributed by atoms with Crippen molar-refractivity contribution in [1.29, 1.82) is 0 Å². The van der Waals surface area contributed by atoms with Crippen LogP contribution in [0.15, 0.2) is 12.4 Å². The lowest BCUT2D eigenvalue weighted by molar-refractivity contribution is -0.153. The van der Waals surface area contributed by atoms with Crippen molar-refractivity contribution < 1.29 is 19.0 Å². The van der Waals surface area contributed by atoms with Crippen LogP contribution >= 0.6 is 0 Å². The Kier molecular flexibility index (Phi) is 6.37. The predicted molar refractivity (Wildman–Crippen MR) is 85.2 cm³/mol. The molecule has 8 heteroatoms. The highest BCUT2D eigenvalue weighted by molar-refractivity contribution is 5.88. The van der Waals surface area contributed by atoms with Crippen molar-refractivity contribution >= 4 is 11.7 Å². The molecule has 1 aliphatic heterocycles. The molecule has 0 radical (unpaired) electrons. The van der Waals surface area contributed by atoms with Gasteiger partial charge < -0.3 is 24.8 Å². The molecule has 2 N–H and O–H groups in total. The zero-order valence-electron chi connectivity index (χ0n) is 14.0. The van der Waals surface area contributed by atoms with Crippen molar-refractivity contribution in [3.63, 3.8) is 0 Å². The van der Waals surface area contributed by atoms with Gasteiger partial charge in [-0.05, 0) is 12.8 Å². The van der Waals surface area contributed by atoms with E-state index in [1.807, 2.05) is 6.92 Å². The van der Waals surface area contributed by atoms with E-state index in [1.54, 1.807) is 24.2 Å². The largest absolute Gasteiger partial charge is 0.383 e. The van der Waals surface area contributed by atoms with E-state index in [0.717, 1.165) is 6.42 Å². The summed E-state index contributed by atoms with van der Waals surface area (Å²) >= 11 is 0. The lowest BCUT2D eigenvalue weighted by atomic mass is 10.0. The fourth-order valence-electron chi connectivity index (χ4n) is 2.56. The Hall–Kier alpha value is -1.64. The second kappa shape index (κ2) is 8.28. The summed E-state index contributed by atoms with van der Waals surface area (Å²) in [6, 6.07) is -0.249. The van der Waals surface area contributed by atoms with Crippen molar-refractivity contribution in [2.75, 3.05) is 38.8 Å². The first-order valence-electron chi connectivity index (χ1n) is 7.85. The van der Waals surface area contributed by atoms with Crippen molar-refractivity contribution in [1.82, 2.24) is 15.1 Å². The van der Waals surface area contributed by atoms with E-state index in [2.05, 4.69) is 22.7 Å². The number of urea groups is 1. The number of nitrogens with zero attached hydrogens (tertiary/aromatic N) is 2. The van der Waals surface area contributed by atoms with E-state index in [4.69, 9.17) is 14.2 Å². The third-order valence-electron chi connectivity index (χ3n) is 3.64. The summed E-state index contributed by atoms with van der Waals surface area (Å²) in [5, 5.41) is 9.75. The molecular formula is C15H26N4O4. The summed E-state index contributed by atoms with van der Waals surface area (Å²) in [7, 11) is 1.64. The molecule has 2 heterocycles. The molecule has 8 nitrogen and oxygen atoms in total. The highest BCUT2D eigenvalue weighted by atomic mass is 16.7. The van der Waals surface area contributed by atoms with Crippen LogP contribution in [0.1, 0.15) is 20.3 Å². The smallest absolute Gasteiger partial charge is 0.319 e. The summed E-state index contributed by atoms with van der Waals surface area (Å²) in [6.45, 7) is 7.02. The number of hydrogen-bond donors (Lipinski definition) is 2. The van der Waals surface area contributed by atoms with Crippen LogP contribution in [0.5, 0.6) is 0 Å². The average Bonchev–Trinajstić information content (AvgIpc) is 3.12. The molecule has 1 aliphatic rings. The molecule has 0 aromatic carbocycles. The van der Waals surface area contributed by atoms with Gasteiger partial charge in [-0.25, -0.2) is 4.79 Å². The van der Waals surface area contributed by atoms with E-state index in [1.165, 1.54) is 0 Å². The van der Waals surface area contributed by atoms with Crippen LogP contribution in [-0.2, 0) is 20.8 Å². The van der Waals surface area contributed by atoms with Crippen LogP contribution in [0.25, 0.3) is 0 Å². The summed E-state index contributed by atoms with van der Waals surface area (Å²) in [6.07, 6.45) is 4.12. The van der Waals surface area contributed by atoms with E-state index < -0.39 is 5.79 Å². The maximum Gasteiger partial charge on any atom is 0.319 e. The Morgan fingerprint density at radius 1 is 1.52 bits per heavy atom. The molecule has 2 rings (SSSR count). The monoisotopic (exact) mass is 326 g/mol. The van der Waals surface area contributed by atoms with E-state index in [0.29, 0.717) is 38.6 Å². The molecule has 0 spiro atoms. The molecule has 1 saturated heterocycles. The van der Waals surface area contributed by atoms with Crippen LogP contribution in [0.4, 0.5) is 10.5 Å². The first-order valence-corrected chi connectivity index (χ1v) is 7.85. The minimum atomic E-state index is -0.528. The molecule has 1 aromatic rings. The highest BCUT2D eigenvalue weighted by Gasteiger charge is 2.32. The van der Waals surface area contributed by atoms with Gasteiger partial charge in [0.1, 0.15) is 0 Å². The Morgan fingerprint density at radius 2 is 2.26 bits per heavy atom. The zero-order chi connectivity index (χ0) is 16.7. The van der Waals surface area contributed by atoms with Crippen molar-refractivity contribution in [2.45, 2.75) is 32.6 Å². The van der Waals surface area contributed by atoms with Gasteiger partial charge in [0.05, 0.1) is 38.2 Å². The van der Waals surface area contributed by atoms with Crippen LogP contribution in [0.2, 0.25) is 0 Å². The average molecular weight is 326 g/mol. The van der Waals surface area contributed by atoms with Crippen molar-refractivity contribution in [3.8, 4) is 0 Å². The normalized spacial score (nSPS) is 17.9. The first-order chi connectivity index (χ1) is 11.0. The van der Waals surface area contributed by atoms with E-state index >= 15 is 0 Å². The number of rotatable bonds is 8. The molecule has 0 saturated carbocycles. The predicted octanol–water partition coefficient (Wildman–Crippen LogP) is 1.44. The standard InChI is InChI=1S/C15H26N4O4/c1-12(8-15(2)22-6-7-23-15)9-16-14(20)18-13-10-17-19(11-13)4-5-21-3/h10-12H,4-9H2,1-3H3,(H2,16,18,20)/t12-/m0/s1. The summed E-state index contributed by atoms with van der Waals surface area (Å²) in [5.74, 6) is -0.284. The van der Waals surface area contributed by atoms with Crippen LogP contribution < -0.4 is 10.6 Å². The SMILES string of the molecule is COCCn1cc(NC(=O)NC[C@@H](C)CC2(C)OCCO2)cn1. The molecule has 1 fully saturated rings. The second-order valence-corrected chi connectivity index (χ2v) is 5.96. The van der Waals surface area contributed by atoms with Gasteiger partial charge in [0.25, 0.3) is 0 Å². The van der Waals surface area contributed by atoms with Gasteiger partial charge in [-0.2, -0.15) is 5.10 Å². The van der Waals surface area contributed by atoms with Gasteiger partial charge in [-0.3, -0.25) is 4.68 Å². The number of aromatic nitrogens is 2. The van der Waals surface area contributed by atoms with Crippen LogP contribution in [0, 0.1) is 5.92 Å². The van der Waals surface area contributed by atoms with Crippen molar-refractivity contribution in [3.05, 3.63) is 12.4 Å². The quantitative estimate of drug-likeness (QED) is 0.755. The van der Waals surface area contributed by atoms with Gasteiger partial charge in [-0.15, -0.1) is 0 Å². The van der Waals surface area contributed by atoms with E-state index in [9.17, 15) is 4.79 Å². The Bertz CT molecular complexity index is 499. The number of carbonyl (C=O) groups excluding carboxylic acids is 1. The first kappa shape index (κ1) is 17.7. The number of carbonyl (C=O) groups is 1. The number of anilines is 1. The molecule has 0 unspecified atom stereocenters. The molecule has 1 atom stereocenters. The van der Waals surface area contributed by atoms with Gasteiger partial charge >= 0.3 is 6.03 Å². The van der Waals surface area contributed by atoms with Crippen LogP contribution in [-0.4, -0.2) is 55.1 Å². The third-order valence-corrected chi connectivity index (χ3v) is 3.64. The van der Waals surface area contributed by atoms with Gasteiger partial charge in [0.15, 0.2) is 5.79 Å². The lowest BCUT2D eigenvalue weighted by Gasteiger charge is -2.25. The molecule has 23 heavy (non-hydrogen) atoms. The molecule has 0 bridgehead atoms. The van der Waals surface area contributed by atoms with Crippen LogP contribution in [0.3, 0.4) is 0 Å². The topological polar surface area (TPSA) is 86.6 Å². The lowest BCUT2D eigenvalue weighted by Crippen LogP contribution is -2.36. The second-order valence-electron chi connectivity index (χ2n) is 5.96. The number of methoxy groups -OCH3 is 1. The van der Waals surface area contributed by atoms with Gasteiger partial charge in [-0.1, -0.05) is 6.92 Å². The number of hydrogen-bond acceptors (Lipinski definition) is 5. The Labute approximate surface area is 136 Å². The molecule has 0 aliphatic carbocycles. The minimum Gasteiger partial charge on any atom is -0.383 e. The zero-order valence-corrected chi connectivity index (χ0v) is 14.0. The van der Waals surface area contributed by atoms with E-state index in [-0.39, 0.29) is 11.9 Å². The number of amides is 2. The number of ether oxygens (including phenoxy) is 3. The number of nitrogens with one attached hydrogen (secondary N) is 2. The van der Waals surface area contributed by atoms with Gasteiger partial charge in [0, 0.05) is 26.3 Å². The highest BCUT2D eigenvalue weighted by Crippen LogP contribution is 2.26. The maximum absolute atomic E-state index is 11.9. The minimum absolute atomic E-state index is 0.244. The molecule has 130 valence electrons. The summed E-state index contributed by atoms with van der Waals surface area (Å²) < 4.78 is 17.9. The Morgan fingerprint density at radius 3 is 2.96 bits per heavy atom. The fraction of sp³-hybridized carbons (Fsp3) is 0.733. The Balaban J connectivity index is 1.69. The summed E-state index contributed by atoms with van der Waals surface area (Å²) in [4.78, 5) is 11.9. The molecule has 1 aromatic heterocycles. The maximum atomic E-state index is 11.9. The van der Waals surface area contributed by atoms with Crippen molar-refractivity contribution in [2.24, 2.45) is 5.92 Å². The third kappa shape index (κ3) is 5.81. The summed E-state index contributed by atoms with van der Waals surface area (Å²) in [5.41, 5.74) is 0.653.